The number of nitro benzene ring substituents is 1. The van der Waals surface area contributed by atoms with E-state index in [1.165, 1.54) is 18.2 Å². The Bertz CT molecular complexity index is 879. The third kappa shape index (κ3) is 4.30. The lowest BCUT2D eigenvalue weighted by molar-refractivity contribution is -0.384. The number of alkyl halides is 1. The van der Waals surface area contributed by atoms with Crippen molar-refractivity contribution in [3.05, 3.63) is 69.8 Å². The van der Waals surface area contributed by atoms with Crippen LogP contribution in [0.2, 0.25) is 0 Å². The van der Waals surface area contributed by atoms with Gasteiger partial charge >= 0.3 is 0 Å². The number of nitro groups is 1. The van der Waals surface area contributed by atoms with Crippen molar-refractivity contribution < 1.29 is 14.5 Å². The van der Waals surface area contributed by atoms with Crippen LogP contribution in [0.25, 0.3) is 0 Å². The van der Waals surface area contributed by atoms with E-state index in [-0.39, 0.29) is 34.3 Å². The molecule has 1 aliphatic carbocycles. The highest BCUT2D eigenvalue weighted by molar-refractivity contribution is 9.09. The van der Waals surface area contributed by atoms with Gasteiger partial charge in [-0.05, 0) is 18.9 Å². The van der Waals surface area contributed by atoms with Gasteiger partial charge in [-0.15, -0.1) is 0 Å². The molecule has 0 unspecified atom stereocenters. The molecule has 0 atom stereocenters. The minimum atomic E-state index is -0.525. The van der Waals surface area contributed by atoms with E-state index in [4.69, 9.17) is 0 Å². The van der Waals surface area contributed by atoms with Crippen molar-refractivity contribution in [2.75, 3.05) is 10.2 Å². The summed E-state index contributed by atoms with van der Waals surface area (Å²) in [5, 5.41) is 11.4. The average Bonchev–Trinajstić information content (AvgIpc) is 2.74. The lowest BCUT2D eigenvalue weighted by atomic mass is 9.92. The molecule has 7 heteroatoms. The highest BCUT2D eigenvalue weighted by Crippen LogP contribution is 2.33. The van der Waals surface area contributed by atoms with Crippen molar-refractivity contribution in [2.45, 2.75) is 38.1 Å². The standard InChI is InChI=1S/C21H21BrN2O4/c22-14-20(25)23(16-9-5-2-6-10-16)19-12-11-17(24(27)28)13-18(19)21(26)15-7-3-1-4-8-15/h1,3-4,7-8,11-13,16H,2,5-6,9-10,14H2. The molecule has 0 aliphatic heterocycles. The Kier molecular flexibility index (Phi) is 6.57. The number of amides is 1. The number of non-ortho nitro benzene ring substituents is 1. The number of rotatable bonds is 6. The highest BCUT2D eigenvalue weighted by atomic mass is 79.9. The first-order valence-electron chi connectivity index (χ1n) is 9.29. The predicted octanol–water partition coefficient (Wildman–Crippen LogP) is 4.89. The Hall–Kier alpha value is -2.54. The number of hydrogen-bond donors (Lipinski definition) is 0. The Labute approximate surface area is 171 Å². The Morgan fingerprint density at radius 3 is 2.36 bits per heavy atom. The molecule has 0 aromatic heterocycles. The quantitative estimate of drug-likeness (QED) is 0.275. The number of carbonyl (C=O) groups is 2. The van der Waals surface area contributed by atoms with Crippen LogP contribution in [0.4, 0.5) is 11.4 Å². The molecule has 0 radical (unpaired) electrons. The number of halogens is 1. The second kappa shape index (κ2) is 9.10. The van der Waals surface area contributed by atoms with Crippen molar-refractivity contribution in [1.29, 1.82) is 0 Å². The number of carbonyl (C=O) groups excluding carboxylic acids is 2. The summed E-state index contributed by atoms with van der Waals surface area (Å²) < 4.78 is 0. The van der Waals surface area contributed by atoms with E-state index in [0.717, 1.165) is 32.1 Å². The average molecular weight is 445 g/mol. The number of hydrogen-bond acceptors (Lipinski definition) is 4. The highest BCUT2D eigenvalue weighted by Gasteiger charge is 2.30. The lowest BCUT2D eigenvalue weighted by Crippen LogP contribution is -2.43. The van der Waals surface area contributed by atoms with Crippen molar-refractivity contribution in [1.82, 2.24) is 0 Å². The largest absolute Gasteiger partial charge is 0.308 e. The van der Waals surface area contributed by atoms with Gasteiger partial charge in [0.05, 0.1) is 21.5 Å². The fourth-order valence-corrected chi connectivity index (χ4v) is 3.98. The SMILES string of the molecule is O=C(c1ccccc1)c1cc([N+](=O)[O-])ccc1N(C(=O)CBr)C1CCCCC1. The monoisotopic (exact) mass is 444 g/mol. The number of nitrogens with zero attached hydrogens (tertiary/aromatic N) is 2. The van der Waals surface area contributed by atoms with Gasteiger partial charge in [0.2, 0.25) is 5.91 Å². The molecule has 0 N–H and O–H groups in total. The van der Waals surface area contributed by atoms with E-state index in [2.05, 4.69) is 15.9 Å². The topological polar surface area (TPSA) is 80.5 Å². The van der Waals surface area contributed by atoms with Crippen LogP contribution in [0.5, 0.6) is 0 Å². The molecule has 3 rings (SSSR count). The maximum Gasteiger partial charge on any atom is 0.270 e. The smallest absolute Gasteiger partial charge is 0.270 e. The fourth-order valence-electron chi connectivity index (χ4n) is 3.71. The van der Waals surface area contributed by atoms with Gasteiger partial charge in [0.1, 0.15) is 0 Å². The van der Waals surface area contributed by atoms with Crippen molar-refractivity contribution >= 4 is 39.0 Å². The minimum absolute atomic E-state index is 0.0115. The van der Waals surface area contributed by atoms with Crippen LogP contribution >= 0.6 is 15.9 Å². The van der Waals surface area contributed by atoms with Gasteiger partial charge in [-0.2, -0.15) is 0 Å². The van der Waals surface area contributed by atoms with Crippen LogP contribution in [-0.4, -0.2) is 28.0 Å². The molecule has 0 spiro atoms. The lowest BCUT2D eigenvalue weighted by Gasteiger charge is -2.35. The van der Waals surface area contributed by atoms with E-state index >= 15 is 0 Å². The summed E-state index contributed by atoms with van der Waals surface area (Å²) in [6.45, 7) is 0. The molecular formula is C21H21BrN2O4. The molecule has 1 aliphatic rings. The van der Waals surface area contributed by atoms with E-state index in [1.54, 1.807) is 35.2 Å². The molecule has 0 heterocycles. The summed E-state index contributed by atoms with van der Waals surface area (Å²) in [5.74, 6) is -0.481. The van der Waals surface area contributed by atoms with E-state index in [1.807, 2.05) is 0 Å². The molecule has 1 fully saturated rings. The summed E-state index contributed by atoms with van der Waals surface area (Å²) in [5.41, 5.74) is 0.883. The molecule has 2 aromatic rings. The van der Waals surface area contributed by atoms with Crippen LogP contribution in [0.15, 0.2) is 48.5 Å². The number of benzene rings is 2. The number of anilines is 1. The molecule has 0 saturated heterocycles. The van der Waals surface area contributed by atoms with Gasteiger partial charge < -0.3 is 4.90 Å². The summed E-state index contributed by atoms with van der Waals surface area (Å²) >= 11 is 3.24. The van der Waals surface area contributed by atoms with Gasteiger partial charge in [0.15, 0.2) is 5.78 Å². The minimum Gasteiger partial charge on any atom is -0.308 e. The maximum absolute atomic E-state index is 13.2. The van der Waals surface area contributed by atoms with Gasteiger partial charge in [-0.1, -0.05) is 65.5 Å². The van der Waals surface area contributed by atoms with E-state index < -0.39 is 4.92 Å². The summed E-state index contributed by atoms with van der Waals surface area (Å²) in [6.07, 6.45) is 4.88. The fraction of sp³-hybridized carbons (Fsp3) is 0.333. The normalized spacial score (nSPS) is 14.5. The Balaban J connectivity index is 2.13. The molecular weight excluding hydrogens is 424 g/mol. The van der Waals surface area contributed by atoms with Crippen LogP contribution in [0.1, 0.15) is 48.0 Å². The number of ketones is 1. The molecule has 2 aromatic carbocycles. The molecule has 6 nitrogen and oxygen atoms in total. The predicted molar refractivity (Wildman–Crippen MR) is 111 cm³/mol. The molecule has 0 bridgehead atoms. The van der Waals surface area contributed by atoms with Crippen LogP contribution < -0.4 is 4.90 Å². The molecule has 1 amide bonds. The van der Waals surface area contributed by atoms with Gasteiger partial charge in [0.25, 0.3) is 5.69 Å². The third-order valence-corrected chi connectivity index (χ3v) is 5.53. The summed E-state index contributed by atoms with van der Waals surface area (Å²) in [7, 11) is 0. The van der Waals surface area contributed by atoms with Gasteiger partial charge in [-0.3, -0.25) is 19.7 Å². The third-order valence-electron chi connectivity index (χ3n) is 5.05. The van der Waals surface area contributed by atoms with Crippen molar-refractivity contribution in [2.24, 2.45) is 0 Å². The van der Waals surface area contributed by atoms with Crippen molar-refractivity contribution in [3.8, 4) is 0 Å². The van der Waals surface area contributed by atoms with Crippen LogP contribution in [0.3, 0.4) is 0 Å². The van der Waals surface area contributed by atoms with Crippen molar-refractivity contribution in [3.63, 3.8) is 0 Å². The second-order valence-electron chi connectivity index (χ2n) is 6.84. The first kappa shape index (κ1) is 20.2. The van der Waals surface area contributed by atoms with E-state index in [9.17, 15) is 19.7 Å². The first-order chi connectivity index (χ1) is 13.5. The zero-order valence-electron chi connectivity index (χ0n) is 15.3. The summed E-state index contributed by atoms with van der Waals surface area (Å²) in [6, 6.07) is 12.8. The Morgan fingerprint density at radius 2 is 1.75 bits per heavy atom. The van der Waals surface area contributed by atoms with Crippen LogP contribution in [0, 0.1) is 10.1 Å². The molecule has 1 saturated carbocycles. The van der Waals surface area contributed by atoms with E-state index in [0.29, 0.717) is 11.3 Å². The first-order valence-corrected chi connectivity index (χ1v) is 10.4. The second-order valence-corrected chi connectivity index (χ2v) is 7.40. The molecule has 28 heavy (non-hydrogen) atoms. The van der Waals surface area contributed by atoms with Gasteiger partial charge in [-0.25, -0.2) is 0 Å². The molecule has 146 valence electrons. The zero-order valence-corrected chi connectivity index (χ0v) is 16.9. The Morgan fingerprint density at radius 1 is 1.07 bits per heavy atom. The maximum atomic E-state index is 13.2. The summed E-state index contributed by atoms with van der Waals surface area (Å²) in [4.78, 5) is 38.4. The van der Waals surface area contributed by atoms with Crippen LogP contribution in [-0.2, 0) is 4.79 Å². The zero-order chi connectivity index (χ0) is 20.1. The van der Waals surface area contributed by atoms with Gasteiger partial charge in [0, 0.05) is 23.7 Å².